The summed E-state index contributed by atoms with van der Waals surface area (Å²) < 4.78 is 22.1. The van der Waals surface area contributed by atoms with E-state index in [1.165, 1.54) is 0 Å². The number of aromatic hydroxyl groups is 1. The van der Waals surface area contributed by atoms with E-state index in [1.807, 2.05) is 24.3 Å². The predicted molar refractivity (Wildman–Crippen MR) is 117 cm³/mol. The number of fused-ring (bicyclic) bond motifs is 2. The Hall–Kier alpha value is -3.08. The average molecular weight is 408 g/mol. The monoisotopic (exact) mass is 408 g/mol. The van der Waals surface area contributed by atoms with Crippen molar-refractivity contribution >= 4 is 5.57 Å². The Morgan fingerprint density at radius 2 is 1.47 bits per heavy atom. The zero-order chi connectivity index (χ0) is 21.3. The second-order valence-electron chi connectivity index (χ2n) is 7.76. The molecule has 0 amide bonds. The van der Waals surface area contributed by atoms with E-state index in [1.54, 1.807) is 28.4 Å². The van der Waals surface area contributed by atoms with Crippen LogP contribution in [0, 0.1) is 0 Å². The van der Waals surface area contributed by atoms with E-state index in [-0.39, 0.29) is 11.2 Å². The molecule has 0 aliphatic heterocycles. The van der Waals surface area contributed by atoms with Crippen LogP contribution in [0.25, 0.3) is 5.57 Å². The second kappa shape index (κ2) is 7.98. The van der Waals surface area contributed by atoms with Gasteiger partial charge in [0.25, 0.3) is 0 Å². The van der Waals surface area contributed by atoms with Crippen molar-refractivity contribution in [3.8, 4) is 28.7 Å². The number of rotatable bonds is 5. The molecule has 30 heavy (non-hydrogen) atoms. The van der Waals surface area contributed by atoms with E-state index in [0.29, 0.717) is 23.0 Å². The largest absolute Gasteiger partial charge is 0.504 e. The van der Waals surface area contributed by atoms with Crippen LogP contribution in [0.4, 0.5) is 0 Å². The lowest BCUT2D eigenvalue weighted by Crippen LogP contribution is -2.20. The zero-order valence-electron chi connectivity index (χ0n) is 18.0. The third kappa shape index (κ3) is 3.09. The standard InChI is InChI=1S/C25H28O5/c1-27-19-10-9-18-17(16-14-20(28-2)24(30-4)21(15-16)29-3)8-7-13-25(11-5-6-12-25)22(18)23(19)26/h7-10,13-15,26H,5-6,11-12H2,1-4H3. The van der Waals surface area contributed by atoms with Crippen molar-refractivity contribution < 1.29 is 24.1 Å². The molecule has 0 bridgehead atoms. The highest BCUT2D eigenvalue weighted by atomic mass is 16.5. The van der Waals surface area contributed by atoms with Crippen LogP contribution < -0.4 is 18.9 Å². The number of methoxy groups -OCH3 is 4. The van der Waals surface area contributed by atoms with Crippen LogP contribution in [0.15, 0.2) is 42.5 Å². The average Bonchev–Trinajstić information content (AvgIpc) is 3.17. The Balaban J connectivity index is 1.96. The molecule has 1 spiro atoms. The van der Waals surface area contributed by atoms with Gasteiger partial charge < -0.3 is 24.1 Å². The molecule has 1 N–H and O–H groups in total. The Kier molecular flexibility index (Phi) is 5.37. The van der Waals surface area contributed by atoms with Gasteiger partial charge in [-0.25, -0.2) is 0 Å². The molecule has 2 aliphatic rings. The van der Waals surface area contributed by atoms with Gasteiger partial charge in [0, 0.05) is 11.0 Å². The van der Waals surface area contributed by atoms with Crippen LogP contribution in [-0.2, 0) is 5.41 Å². The van der Waals surface area contributed by atoms with Crippen molar-refractivity contribution in [1.82, 2.24) is 0 Å². The summed E-state index contributed by atoms with van der Waals surface area (Å²) in [6.07, 6.45) is 10.7. The number of benzene rings is 2. The summed E-state index contributed by atoms with van der Waals surface area (Å²) >= 11 is 0. The fourth-order valence-corrected chi connectivity index (χ4v) is 4.88. The summed E-state index contributed by atoms with van der Waals surface area (Å²) in [4.78, 5) is 0. The first-order valence-electron chi connectivity index (χ1n) is 10.2. The van der Waals surface area contributed by atoms with Gasteiger partial charge in [-0.3, -0.25) is 0 Å². The zero-order valence-corrected chi connectivity index (χ0v) is 18.0. The minimum Gasteiger partial charge on any atom is -0.504 e. The number of ether oxygens (including phenoxy) is 4. The number of phenols is 1. The molecule has 0 heterocycles. The van der Waals surface area contributed by atoms with Crippen molar-refractivity contribution in [3.63, 3.8) is 0 Å². The van der Waals surface area contributed by atoms with E-state index in [4.69, 9.17) is 18.9 Å². The van der Waals surface area contributed by atoms with E-state index in [0.717, 1.165) is 47.9 Å². The molecule has 2 aromatic carbocycles. The van der Waals surface area contributed by atoms with Crippen molar-refractivity contribution in [2.75, 3.05) is 28.4 Å². The first kappa shape index (κ1) is 20.2. The molecule has 158 valence electrons. The Bertz CT molecular complexity index is 987. The number of allylic oxidation sites excluding steroid dienone is 3. The summed E-state index contributed by atoms with van der Waals surface area (Å²) in [6, 6.07) is 7.75. The van der Waals surface area contributed by atoms with Gasteiger partial charge in [0.15, 0.2) is 23.0 Å². The number of hydrogen-bond acceptors (Lipinski definition) is 5. The van der Waals surface area contributed by atoms with E-state index in [9.17, 15) is 5.11 Å². The first-order chi connectivity index (χ1) is 14.6. The second-order valence-corrected chi connectivity index (χ2v) is 7.76. The molecule has 0 atom stereocenters. The van der Waals surface area contributed by atoms with Crippen molar-refractivity contribution in [1.29, 1.82) is 0 Å². The molecule has 1 fully saturated rings. The minimum atomic E-state index is -0.188. The molecule has 5 nitrogen and oxygen atoms in total. The van der Waals surface area contributed by atoms with Gasteiger partial charge in [-0.05, 0) is 47.7 Å². The molecule has 0 radical (unpaired) electrons. The lowest BCUT2D eigenvalue weighted by Gasteiger charge is -2.29. The first-order valence-corrected chi connectivity index (χ1v) is 10.2. The lowest BCUT2D eigenvalue weighted by atomic mass is 9.75. The molecular formula is C25H28O5. The summed E-state index contributed by atoms with van der Waals surface area (Å²) in [5.41, 5.74) is 3.66. The third-order valence-electron chi connectivity index (χ3n) is 6.30. The molecule has 0 saturated heterocycles. The fraction of sp³-hybridized carbons (Fsp3) is 0.360. The summed E-state index contributed by atoms with van der Waals surface area (Å²) in [7, 11) is 6.41. The summed E-state index contributed by atoms with van der Waals surface area (Å²) in [5.74, 6) is 2.46. The van der Waals surface area contributed by atoms with Gasteiger partial charge in [0.05, 0.1) is 28.4 Å². The minimum absolute atomic E-state index is 0.188. The van der Waals surface area contributed by atoms with Crippen LogP contribution in [0.1, 0.15) is 42.4 Å². The van der Waals surface area contributed by atoms with Gasteiger partial charge in [-0.2, -0.15) is 0 Å². The smallest absolute Gasteiger partial charge is 0.203 e. The molecular weight excluding hydrogens is 380 g/mol. The third-order valence-corrected chi connectivity index (χ3v) is 6.30. The van der Waals surface area contributed by atoms with Gasteiger partial charge in [-0.15, -0.1) is 0 Å². The van der Waals surface area contributed by atoms with Crippen LogP contribution in [0.5, 0.6) is 28.7 Å². The molecule has 1 saturated carbocycles. The number of hydrogen-bond donors (Lipinski definition) is 1. The van der Waals surface area contributed by atoms with Crippen LogP contribution in [0.3, 0.4) is 0 Å². The number of phenolic OH excluding ortho intramolecular Hbond substituents is 1. The summed E-state index contributed by atoms with van der Waals surface area (Å²) in [5, 5.41) is 11.2. The highest BCUT2D eigenvalue weighted by Crippen LogP contribution is 2.53. The Morgan fingerprint density at radius 3 is 2.03 bits per heavy atom. The van der Waals surface area contributed by atoms with Gasteiger partial charge in [-0.1, -0.05) is 37.1 Å². The fourth-order valence-electron chi connectivity index (χ4n) is 4.88. The normalized spacial score (nSPS) is 16.6. The van der Waals surface area contributed by atoms with Crippen molar-refractivity contribution in [2.45, 2.75) is 31.1 Å². The molecule has 0 unspecified atom stereocenters. The lowest BCUT2D eigenvalue weighted by molar-refractivity contribution is 0.324. The van der Waals surface area contributed by atoms with E-state index < -0.39 is 0 Å². The predicted octanol–water partition coefficient (Wildman–Crippen LogP) is 5.24. The van der Waals surface area contributed by atoms with Crippen LogP contribution in [0.2, 0.25) is 0 Å². The summed E-state index contributed by atoms with van der Waals surface area (Å²) in [6.45, 7) is 0. The molecule has 0 aromatic heterocycles. The molecule has 4 rings (SSSR count). The topological polar surface area (TPSA) is 57.2 Å². The van der Waals surface area contributed by atoms with E-state index >= 15 is 0 Å². The Morgan fingerprint density at radius 1 is 0.833 bits per heavy atom. The maximum absolute atomic E-state index is 11.2. The maximum atomic E-state index is 11.2. The van der Waals surface area contributed by atoms with Crippen LogP contribution >= 0.6 is 0 Å². The maximum Gasteiger partial charge on any atom is 0.203 e. The molecule has 2 aliphatic carbocycles. The van der Waals surface area contributed by atoms with Gasteiger partial charge in [0.1, 0.15) is 0 Å². The molecule has 5 heteroatoms. The van der Waals surface area contributed by atoms with Gasteiger partial charge in [0.2, 0.25) is 5.75 Å². The highest BCUT2D eigenvalue weighted by molar-refractivity contribution is 5.87. The van der Waals surface area contributed by atoms with Gasteiger partial charge >= 0.3 is 0 Å². The Labute approximate surface area is 177 Å². The highest BCUT2D eigenvalue weighted by Gasteiger charge is 2.39. The quantitative estimate of drug-likeness (QED) is 0.733. The molecule has 2 aromatic rings. The van der Waals surface area contributed by atoms with Crippen molar-refractivity contribution in [3.05, 3.63) is 59.2 Å². The SMILES string of the molecule is COc1ccc2c(c1O)C1(C=CC=C2c2cc(OC)c(OC)c(OC)c2)CCCC1. The van der Waals surface area contributed by atoms with Crippen molar-refractivity contribution in [2.24, 2.45) is 0 Å². The van der Waals surface area contributed by atoms with Crippen LogP contribution in [-0.4, -0.2) is 33.5 Å². The van der Waals surface area contributed by atoms with E-state index in [2.05, 4.69) is 18.2 Å².